The van der Waals surface area contributed by atoms with Crippen LogP contribution in [0.2, 0.25) is 0 Å². The van der Waals surface area contributed by atoms with Crippen LogP contribution in [0.15, 0.2) is 18.2 Å². The molecule has 0 saturated heterocycles. The van der Waals surface area contributed by atoms with Crippen LogP contribution in [0.5, 0.6) is 0 Å². The van der Waals surface area contributed by atoms with Crippen molar-refractivity contribution >= 4 is 12.0 Å². The predicted molar refractivity (Wildman–Crippen MR) is 83.4 cm³/mol. The number of carbonyl (C=O) groups is 2. The topological polar surface area (TPSA) is 81.7 Å². The quantitative estimate of drug-likeness (QED) is 0.705. The number of carbonyl (C=O) groups excluding carboxylic acids is 1. The molecule has 132 valence electrons. The lowest BCUT2D eigenvalue weighted by Crippen LogP contribution is -2.56. The van der Waals surface area contributed by atoms with Gasteiger partial charge in [0.1, 0.15) is 11.6 Å². The first kappa shape index (κ1) is 18.1. The number of aliphatic carboxylic acids is 1. The zero-order chi connectivity index (χ0) is 17.7. The molecule has 1 aromatic carbocycles. The van der Waals surface area contributed by atoms with Gasteiger partial charge in [0.25, 0.3) is 0 Å². The molecule has 0 unspecified atom stereocenters. The van der Waals surface area contributed by atoms with Crippen molar-refractivity contribution in [2.75, 3.05) is 13.1 Å². The van der Waals surface area contributed by atoms with E-state index in [0.717, 1.165) is 18.2 Å². The SMILES string of the molecule is CCN(CC(=O)O)C1CC(NC(=O)NCc2cc(F)ccc2F)C1. The summed E-state index contributed by atoms with van der Waals surface area (Å²) in [6.45, 7) is 2.41. The Morgan fingerprint density at radius 3 is 2.67 bits per heavy atom. The fourth-order valence-corrected chi connectivity index (χ4v) is 2.77. The number of carboxylic acid groups (broad SMARTS) is 1. The van der Waals surface area contributed by atoms with E-state index in [1.807, 2.05) is 11.8 Å². The van der Waals surface area contributed by atoms with Crippen molar-refractivity contribution in [1.82, 2.24) is 15.5 Å². The molecule has 24 heavy (non-hydrogen) atoms. The van der Waals surface area contributed by atoms with Gasteiger partial charge in [0.05, 0.1) is 6.54 Å². The highest BCUT2D eigenvalue weighted by atomic mass is 19.1. The molecule has 0 heterocycles. The normalized spacial score (nSPS) is 19.7. The Hall–Kier alpha value is -2.22. The first-order chi connectivity index (χ1) is 11.4. The molecule has 0 bridgehead atoms. The van der Waals surface area contributed by atoms with E-state index in [1.165, 1.54) is 0 Å². The van der Waals surface area contributed by atoms with Gasteiger partial charge < -0.3 is 15.7 Å². The molecule has 1 fully saturated rings. The molecule has 1 saturated carbocycles. The van der Waals surface area contributed by atoms with Crippen LogP contribution in [0.3, 0.4) is 0 Å². The molecule has 0 radical (unpaired) electrons. The lowest BCUT2D eigenvalue weighted by molar-refractivity contribution is -0.139. The number of halogens is 2. The van der Waals surface area contributed by atoms with E-state index in [0.29, 0.717) is 19.4 Å². The summed E-state index contributed by atoms with van der Waals surface area (Å²) >= 11 is 0. The van der Waals surface area contributed by atoms with E-state index in [2.05, 4.69) is 10.6 Å². The Kier molecular flexibility index (Phi) is 6.08. The Bertz CT molecular complexity index is 606. The van der Waals surface area contributed by atoms with Crippen molar-refractivity contribution in [3.63, 3.8) is 0 Å². The molecule has 0 spiro atoms. The molecule has 8 heteroatoms. The van der Waals surface area contributed by atoms with Crippen molar-refractivity contribution in [2.45, 2.75) is 38.4 Å². The largest absolute Gasteiger partial charge is 0.480 e. The molecule has 3 N–H and O–H groups in total. The molecule has 0 aromatic heterocycles. The van der Waals surface area contributed by atoms with Crippen LogP contribution in [0.4, 0.5) is 13.6 Å². The van der Waals surface area contributed by atoms with Gasteiger partial charge in [-0.1, -0.05) is 6.92 Å². The van der Waals surface area contributed by atoms with Gasteiger partial charge in [-0.05, 0) is 37.6 Å². The highest BCUT2D eigenvalue weighted by Gasteiger charge is 2.34. The van der Waals surface area contributed by atoms with Crippen LogP contribution in [0, 0.1) is 11.6 Å². The Morgan fingerprint density at radius 1 is 1.33 bits per heavy atom. The smallest absolute Gasteiger partial charge is 0.317 e. The molecular formula is C16H21F2N3O3. The van der Waals surface area contributed by atoms with Crippen molar-refractivity contribution in [3.8, 4) is 0 Å². The number of nitrogens with zero attached hydrogens (tertiary/aromatic N) is 1. The summed E-state index contributed by atoms with van der Waals surface area (Å²) in [5.41, 5.74) is 0.0789. The number of carboxylic acids is 1. The van der Waals surface area contributed by atoms with Gasteiger partial charge in [-0.25, -0.2) is 13.6 Å². The van der Waals surface area contributed by atoms with Gasteiger partial charge in [-0.2, -0.15) is 0 Å². The second kappa shape index (κ2) is 8.05. The van der Waals surface area contributed by atoms with E-state index in [9.17, 15) is 18.4 Å². The number of hydrogen-bond acceptors (Lipinski definition) is 3. The standard InChI is InChI=1S/C16H21F2N3O3/c1-2-21(9-15(22)23)13-6-12(7-13)20-16(24)19-8-10-5-11(17)3-4-14(10)18/h3-5,12-13H,2,6-9H2,1H3,(H,22,23)(H2,19,20,24). The van der Waals surface area contributed by atoms with Gasteiger partial charge in [0, 0.05) is 24.2 Å². The zero-order valence-electron chi connectivity index (χ0n) is 13.4. The molecule has 2 amide bonds. The highest BCUT2D eigenvalue weighted by molar-refractivity contribution is 5.74. The van der Waals surface area contributed by atoms with E-state index < -0.39 is 23.6 Å². The molecule has 6 nitrogen and oxygen atoms in total. The number of likely N-dealkylation sites (N-methyl/N-ethyl adjacent to an activating group) is 1. The van der Waals surface area contributed by atoms with Crippen LogP contribution in [-0.4, -0.2) is 47.2 Å². The monoisotopic (exact) mass is 341 g/mol. The molecule has 2 rings (SSSR count). The zero-order valence-corrected chi connectivity index (χ0v) is 13.4. The summed E-state index contributed by atoms with van der Waals surface area (Å²) in [6.07, 6.45) is 1.34. The van der Waals surface area contributed by atoms with Gasteiger partial charge in [-0.3, -0.25) is 9.69 Å². The maximum atomic E-state index is 13.5. The average Bonchev–Trinajstić information content (AvgIpc) is 2.49. The molecular weight excluding hydrogens is 320 g/mol. The maximum Gasteiger partial charge on any atom is 0.317 e. The number of hydrogen-bond donors (Lipinski definition) is 3. The van der Waals surface area contributed by atoms with Gasteiger partial charge in [0.15, 0.2) is 0 Å². The van der Waals surface area contributed by atoms with Gasteiger partial charge in [0.2, 0.25) is 0 Å². The molecule has 0 aliphatic heterocycles. The Morgan fingerprint density at radius 2 is 2.04 bits per heavy atom. The first-order valence-electron chi connectivity index (χ1n) is 7.83. The fraction of sp³-hybridized carbons (Fsp3) is 0.500. The van der Waals surface area contributed by atoms with Crippen LogP contribution in [-0.2, 0) is 11.3 Å². The van der Waals surface area contributed by atoms with Crippen molar-refractivity contribution in [2.24, 2.45) is 0 Å². The summed E-state index contributed by atoms with van der Waals surface area (Å²) in [4.78, 5) is 24.4. The number of benzene rings is 1. The van der Waals surface area contributed by atoms with Crippen LogP contribution in [0.1, 0.15) is 25.3 Å². The lowest BCUT2D eigenvalue weighted by atomic mass is 9.85. The van der Waals surface area contributed by atoms with Gasteiger partial charge >= 0.3 is 12.0 Å². The van der Waals surface area contributed by atoms with Crippen LogP contribution in [0.25, 0.3) is 0 Å². The summed E-state index contributed by atoms with van der Waals surface area (Å²) < 4.78 is 26.5. The number of urea groups is 1. The molecule has 1 aliphatic rings. The van der Waals surface area contributed by atoms with E-state index in [4.69, 9.17) is 5.11 Å². The van der Waals surface area contributed by atoms with E-state index in [-0.39, 0.29) is 30.7 Å². The Balaban J connectivity index is 1.73. The van der Waals surface area contributed by atoms with Crippen LogP contribution >= 0.6 is 0 Å². The maximum absolute atomic E-state index is 13.5. The minimum atomic E-state index is -0.872. The molecule has 1 aliphatic carbocycles. The van der Waals surface area contributed by atoms with Crippen molar-refractivity contribution in [1.29, 1.82) is 0 Å². The lowest BCUT2D eigenvalue weighted by Gasteiger charge is -2.42. The fourth-order valence-electron chi connectivity index (χ4n) is 2.77. The first-order valence-corrected chi connectivity index (χ1v) is 7.83. The second-order valence-corrected chi connectivity index (χ2v) is 5.84. The van der Waals surface area contributed by atoms with Crippen molar-refractivity contribution < 1.29 is 23.5 Å². The predicted octanol–water partition coefficient (Wildman–Crippen LogP) is 1.70. The Labute approximate surface area is 138 Å². The summed E-state index contributed by atoms with van der Waals surface area (Å²) in [5.74, 6) is -2.01. The number of rotatable bonds is 7. The number of amides is 2. The second-order valence-electron chi connectivity index (χ2n) is 5.84. The van der Waals surface area contributed by atoms with Gasteiger partial charge in [-0.15, -0.1) is 0 Å². The third-order valence-corrected chi connectivity index (χ3v) is 4.16. The number of nitrogens with one attached hydrogen (secondary N) is 2. The minimum Gasteiger partial charge on any atom is -0.480 e. The molecule has 0 atom stereocenters. The van der Waals surface area contributed by atoms with E-state index in [1.54, 1.807) is 0 Å². The molecule has 1 aromatic rings. The third-order valence-electron chi connectivity index (χ3n) is 4.16. The van der Waals surface area contributed by atoms with Crippen molar-refractivity contribution in [3.05, 3.63) is 35.4 Å². The summed E-state index contributed by atoms with van der Waals surface area (Å²) in [7, 11) is 0. The summed E-state index contributed by atoms with van der Waals surface area (Å²) in [5, 5.41) is 14.1. The van der Waals surface area contributed by atoms with E-state index >= 15 is 0 Å². The summed E-state index contributed by atoms with van der Waals surface area (Å²) in [6, 6.07) is 2.71. The van der Waals surface area contributed by atoms with Crippen LogP contribution < -0.4 is 10.6 Å². The highest BCUT2D eigenvalue weighted by Crippen LogP contribution is 2.25. The minimum absolute atomic E-state index is 0.0149. The average molecular weight is 341 g/mol. The third kappa shape index (κ3) is 4.89.